The molecule has 0 atom stereocenters. The molecule has 1 aromatic carbocycles. The molecule has 24 heavy (non-hydrogen) atoms. The topological polar surface area (TPSA) is 34.9 Å². The molecule has 0 amide bonds. The van der Waals surface area contributed by atoms with Crippen LogP contribution in [0.25, 0.3) is 5.69 Å². The summed E-state index contributed by atoms with van der Waals surface area (Å²) >= 11 is 0. The van der Waals surface area contributed by atoms with Crippen LogP contribution in [0.5, 0.6) is 0 Å². The number of benzene rings is 1. The zero-order valence-electron chi connectivity index (χ0n) is 15.1. The molecule has 0 saturated heterocycles. The maximum Gasteiger partial charge on any atom is 0.186 e. The van der Waals surface area contributed by atoms with Crippen LogP contribution in [0.4, 0.5) is 0 Å². The molecule has 0 bridgehead atoms. The van der Waals surface area contributed by atoms with E-state index in [1.54, 1.807) is 4.68 Å². The van der Waals surface area contributed by atoms with Gasteiger partial charge in [0.2, 0.25) is 0 Å². The van der Waals surface area contributed by atoms with Crippen LogP contribution in [-0.2, 0) is 0 Å². The number of para-hydroxylation sites is 1. The molecule has 2 rings (SSSR count). The van der Waals surface area contributed by atoms with Crippen molar-refractivity contribution in [3.05, 3.63) is 48.3 Å². The van der Waals surface area contributed by atoms with Gasteiger partial charge in [-0.3, -0.25) is 4.79 Å². The van der Waals surface area contributed by atoms with Gasteiger partial charge in [-0.15, -0.1) is 0 Å². The minimum absolute atomic E-state index is 0.127. The third-order valence-electron chi connectivity index (χ3n) is 4.55. The summed E-state index contributed by atoms with van der Waals surface area (Å²) < 4.78 is 1.79. The average Bonchev–Trinajstić information content (AvgIpc) is 3.11. The maximum absolute atomic E-state index is 12.9. The largest absolute Gasteiger partial charge is 0.292 e. The van der Waals surface area contributed by atoms with E-state index in [-0.39, 0.29) is 11.7 Å². The predicted molar refractivity (Wildman–Crippen MR) is 99.7 cm³/mol. The van der Waals surface area contributed by atoms with Crippen molar-refractivity contribution in [3.63, 3.8) is 0 Å². The number of ketones is 1. The molecule has 0 aliphatic heterocycles. The molecule has 3 heteroatoms. The number of nitrogens with zero attached hydrogens (tertiary/aromatic N) is 2. The van der Waals surface area contributed by atoms with Gasteiger partial charge in [-0.2, -0.15) is 5.10 Å². The van der Waals surface area contributed by atoms with E-state index in [0.29, 0.717) is 5.69 Å². The molecule has 2 aromatic rings. The quantitative estimate of drug-likeness (QED) is 0.384. The molecule has 0 aliphatic rings. The van der Waals surface area contributed by atoms with Gasteiger partial charge in [-0.05, 0) is 31.0 Å². The number of carbonyl (C=O) groups is 1. The molecule has 0 saturated carbocycles. The van der Waals surface area contributed by atoms with E-state index in [9.17, 15) is 4.79 Å². The molecule has 1 heterocycles. The molecule has 0 radical (unpaired) electrons. The van der Waals surface area contributed by atoms with Gasteiger partial charge in [0, 0.05) is 12.1 Å². The Labute approximate surface area is 146 Å². The molecule has 130 valence electrons. The zero-order valence-corrected chi connectivity index (χ0v) is 15.1. The summed E-state index contributed by atoms with van der Waals surface area (Å²) in [7, 11) is 0. The third-order valence-corrected chi connectivity index (χ3v) is 4.55. The Balaban J connectivity index is 2.05. The molecular weight excluding hydrogens is 296 g/mol. The van der Waals surface area contributed by atoms with Gasteiger partial charge < -0.3 is 0 Å². The van der Waals surface area contributed by atoms with Gasteiger partial charge >= 0.3 is 0 Å². The SMILES string of the molecule is CCCCCC(CCCCC)C(=O)c1ccn(-c2ccccc2)n1. The number of Topliss-reactive ketones (excluding diaryl/α,β-unsaturated/α-hetero) is 1. The fourth-order valence-corrected chi connectivity index (χ4v) is 3.08. The first-order valence-corrected chi connectivity index (χ1v) is 9.41. The van der Waals surface area contributed by atoms with Crippen molar-refractivity contribution in [2.75, 3.05) is 0 Å². The van der Waals surface area contributed by atoms with Gasteiger partial charge in [0.1, 0.15) is 5.69 Å². The molecule has 1 aromatic heterocycles. The number of rotatable bonds is 11. The number of carbonyl (C=O) groups excluding carboxylic acids is 1. The highest BCUT2D eigenvalue weighted by atomic mass is 16.1. The summed E-state index contributed by atoms with van der Waals surface area (Å²) in [6, 6.07) is 11.8. The molecular formula is C21H30N2O. The molecule has 0 unspecified atom stereocenters. The lowest BCUT2D eigenvalue weighted by Gasteiger charge is -2.14. The highest BCUT2D eigenvalue weighted by molar-refractivity contribution is 5.96. The second-order valence-electron chi connectivity index (χ2n) is 6.53. The van der Waals surface area contributed by atoms with E-state index in [4.69, 9.17) is 0 Å². The predicted octanol–water partition coefficient (Wildman–Crippen LogP) is 5.83. The maximum atomic E-state index is 12.9. The van der Waals surface area contributed by atoms with Gasteiger partial charge in [-0.25, -0.2) is 4.68 Å². The van der Waals surface area contributed by atoms with Crippen molar-refractivity contribution < 1.29 is 4.79 Å². The Morgan fingerprint density at radius 2 is 1.58 bits per heavy atom. The van der Waals surface area contributed by atoms with Crippen LogP contribution < -0.4 is 0 Å². The Hall–Kier alpha value is -1.90. The Morgan fingerprint density at radius 3 is 2.17 bits per heavy atom. The van der Waals surface area contributed by atoms with Crippen molar-refractivity contribution in [3.8, 4) is 5.69 Å². The van der Waals surface area contributed by atoms with E-state index < -0.39 is 0 Å². The summed E-state index contributed by atoms with van der Waals surface area (Å²) in [5.74, 6) is 0.346. The first kappa shape index (κ1) is 18.4. The molecule has 3 nitrogen and oxygen atoms in total. The van der Waals surface area contributed by atoms with Crippen LogP contribution in [-0.4, -0.2) is 15.6 Å². The lowest BCUT2D eigenvalue weighted by Crippen LogP contribution is -2.16. The van der Waals surface area contributed by atoms with Crippen LogP contribution in [0.15, 0.2) is 42.6 Å². The number of hydrogen-bond donors (Lipinski definition) is 0. The lowest BCUT2D eigenvalue weighted by atomic mass is 9.90. The fourth-order valence-electron chi connectivity index (χ4n) is 3.08. The molecule has 0 spiro atoms. The number of hydrogen-bond acceptors (Lipinski definition) is 2. The van der Waals surface area contributed by atoms with E-state index in [1.807, 2.05) is 42.6 Å². The standard InChI is InChI=1S/C21H30N2O/c1-3-5-8-12-18(13-9-6-4-2)21(24)20-16-17-23(22-20)19-14-10-7-11-15-19/h7,10-11,14-18H,3-6,8-9,12-13H2,1-2H3. The van der Waals surface area contributed by atoms with Crippen LogP contribution in [0, 0.1) is 5.92 Å². The van der Waals surface area contributed by atoms with Crippen LogP contribution in [0.3, 0.4) is 0 Å². The zero-order chi connectivity index (χ0) is 17.2. The van der Waals surface area contributed by atoms with Gasteiger partial charge in [0.05, 0.1) is 5.69 Å². The van der Waals surface area contributed by atoms with Crippen molar-refractivity contribution in [2.45, 2.75) is 65.2 Å². The summed E-state index contributed by atoms with van der Waals surface area (Å²) in [5, 5.41) is 4.52. The fraction of sp³-hybridized carbons (Fsp3) is 0.524. The normalized spacial score (nSPS) is 11.1. The monoisotopic (exact) mass is 326 g/mol. The smallest absolute Gasteiger partial charge is 0.186 e. The summed E-state index contributed by atoms with van der Waals surface area (Å²) in [4.78, 5) is 12.9. The van der Waals surface area contributed by atoms with E-state index >= 15 is 0 Å². The Kier molecular flexibility index (Phi) is 7.73. The molecule has 0 fully saturated rings. The van der Waals surface area contributed by atoms with Crippen molar-refractivity contribution in [2.24, 2.45) is 5.92 Å². The van der Waals surface area contributed by atoms with Gasteiger partial charge in [0.25, 0.3) is 0 Å². The highest BCUT2D eigenvalue weighted by Crippen LogP contribution is 2.22. The van der Waals surface area contributed by atoms with E-state index in [0.717, 1.165) is 31.4 Å². The third kappa shape index (κ3) is 5.33. The summed E-state index contributed by atoms with van der Waals surface area (Å²) in [6.07, 6.45) is 10.9. The average molecular weight is 326 g/mol. The number of aromatic nitrogens is 2. The lowest BCUT2D eigenvalue weighted by molar-refractivity contribution is 0.0896. The van der Waals surface area contributed by atoms with Crippen LogP contribution in [0.1, 0.15) is 75.7 Å². The summed E-state index contributed by atoms with van der Waals surface area (Å²) in [6.45, 7) is 4.41. The van der Waals surface area contributed by atoms with Crippen molar-refractivity contribution in [1.29, 1.82) is 0 Å². The van der Waals surface area contributed by atoms with Gasteiger partial charge in [-0.1, -0.05) is 70.6 Å². The second kappa shape index (κ2) is 10.1. The summed E-state index contributed by atoms with van der Waals surface area (Å²) in [5.41, 5.74) is 1.60. The second-order valence-corrected chi connectivity index (χ2v) is 6.53. The van der Waals surface area contributed by atoms with E-state index in [1.165, 1.54) is 25.7 Å². The minimum Gasteiger partial charge on any atom is -0.292 e. The molecule has 0 N–H and O–H groups in total. The van der Waals surface area contributed by atoms with Crippen molar-refractivity contribution >= 4 is 5.78 Å². The minimum atomic E-state index is 0.127. The van der Waals surface area contributed by atoms with Crippen molar-refractivity contribution in [1.82, 2.24) is 9.78 Å². The highest BCUT2D eigenvalue weighted by Gasteiger charge is 2.21. The van der Waals surface area contributed by atoms with Crippen LogP contribution >= 0.6 is 0 Å². The Morgan fingerprint density at radius 1 is 0.958 bits per heavy atom. The van der Waals surface area contributed by atoms with Gasteiger partial charge in [0.15, 0.2) is 5.78 Å². The first-order valence-electron chi connectivity index (χ1n) is 9.41. The molecule has 0 aliphatic carbocycles. The number of unbranched alkanes of at least 4 members (excludes halogenated alkanes) is 4. The first-order chi connectivity index (χ1) is 11.8. The van der Waals surface area contributed by atoms with Crippen LogP contribution in [0.2, 0.25) is 0 Å². The Bertz CT molecular complexity index is 593. The van der Waals surface area contributed by atoms with E-state index in [2.05, 4.69) is 18.9 Å².